The van der Waals surface area contributed by atoms with Gasteiger partial charge in [0.15, 0.2) is 5.78 Å². The fourth-order valence-electron chi connectivity index (χ4n) is 5.24. The third-order valence-electron chi connectivity index (χ3n) is 7.39. The van der Waals surface area contributed by atoms with Crippen LogP contribution < -0.4 is 5.32 Å². The molecule has 6 rings (SSSR count). The van der Waals surface area contributed by atoms with Crippen LogP contribution in [0.2, 0.25) is 0 Å². The molecule has 0 bridgehead atoms. The van der Waals surface area contributed by atoms with E-state index in [0.29, 0.717) is 33.7 Å². The first-order valence-corrected chi connectivity index (χ1v) is 13.2. The summed E-state index contributed by atoms with van der Waals surface area (Å²) < 4.78 is 6.23. The molecule has 1 unspecified atom stereocenters. The largest absolute Gasteiger partial charge is 0.484 e. The van der Waals surface area contributed by atoms with Crippen LogP contribution in [0.15, 0.2) is 115 Å². The van der Waals surface area contributed by atoms with Crippen LogP contribution in [0.5, 0.6) is 0 Å². The maximum atomic E-state index is 13.1. The van der Waals surface area contributed by atoms with Crippen molar-refractivity contribution >= 4 is 34.9 Å². The van der Waals surface area contributed by atoms with Gasteiger partial charge in [-0.1, -0.05) is 84.9 Å². The van der Waals surface area contributed by atoms with Crippen molar-refractivity contribution < 1.29 is 19.1 Å². The molecule has 0 radical (unpaired) electrons. The standard InChI is InChI=1S/C35H27NO4/c1-35(2)34(30-32(39)31(38)27-10-6-7-11-28(27)33(30)40-35)36-26-19-17-25(18-20-26)29(37)21-14-22-12-15-24(16-13-22)23-8-4-3-5-9-23/h3-21,34,36H,1-2H3/b21-14+. The molecule has 1 N–H and O–H groups in total. The summed E-state index contributed by atoms with van der Waals surface area (Å²) in [5.41, 5.74) is 5.04. The summed E-state index contributed by atoms with van der Waals surface area (Å²) in [5.74, 6) is -0.732. The molecule has 5 heteroatoms. The van der Waals surface area contributed by atoms with Crippen LogP contribution in [0.3, 0.4) is 0 Å². The minimum absolute atomic E-state index is 0.113. The number of allylic oxidation sites excluding steroid dienone is 1. The molecule has 1 atom stereocenters. The molecule has 1 heterocycles. The number of ether oxygens (including phenoxy) is 1. The Morgan fingerprint density at radius 3 is 2.08 bits per heavy atom. The number of nitrogens with one attached hydrogen (secondary N) is 1. The van der Waals surface area contributed by atoms with Crippen LogP contribution in [0.4, 0.5) is 5.69 Å². The van der Waals surface area contributed by atoms with Gasteiger partial charge in [0, 0.05) is 22.4 Å². The van der Waals surface area contributed by atoms with E-state index in [-0.39, 0.29) is 5.78 Å². The second-order valence-electron chi connectivity index (χ2n) is 10.5. The molecule has 0 fully saturated rings. The van der Waals surface area contributed by atoms with E-state index in [0.717, 1.165) is 16.7 Å². The van der Waals surface area contributed by atoms with E-state index in [1.54, 1.807) is 54.6 Å². The average molecular weight is 526 g/mol. The predicted molar refractivity (Wildman–Crippen MR) is 157 cm³/mol. The molecule has 40 heavy (non-hydrogen) atoms. The van der Waals surface area contributed by atoms with Crippen molar-refractivity contribution in [2.75, 3.05) is 5.32 Å². The van der Waals surface area contributed by atoms with E-state index in [4.69, 9.17) is 4.74 Å². The molecule has 4 aromatic carbocycles. The third-order valence-corrected chi connectivity index (χ3v) is 7.39. The Labute approximate surface area is 232 Å². The zero-order valence-corrected chi connectivity index (χ0v) is 22.2. The van der Waals surface area contributed by atoms with Crippen molar-refractivity contribution in [3.05, 3.63) is 137 Å². The predicted octanol–water partition coefficient (Wildman–Crippen LogP) is 7.02. The molecular weight excluding hydrogens is 498 g/mol. The lowest BCUT2D eigenvalue weighted by Gasteiger charge is -2.29. The first-order chi connectivity index (χ1) is 19.3. The SMILES string of the molecule is CC1(C)OC2=C(C(=O)C(=O)c3ccccc32)C1Nc1ccc(C(=O)/C=C/c2ccc(-c3ccccc3)cc2)cc1. The summed E-state index contributed by atoms with van der Waals surface area (Å²) in [5, 5.41) is 3.37. The smallest absolute Gasteiger partial charge is 0.235 e. The summed E-state index contributed by atoms with van der Waals surface area (Å²) in [6.45, 7) is 3.77. The van der Waals surface area contributed by atoms with Crippen molar-refractivity contribution in [3.8, 4) is 11.1 Å². The van der Waals surface area contributed by atoms with E-state index >= 15 is 0 Å². The topological polar surface area (TPSA) is 72.5 Å². The minimum atomic E-state index is -0.772. The van der Waals surface area contributed by atoms with Crippen LogP contribution in [0.25, 0.3) is 23.0 Å². The van der Waals surface area contributed by atoms with Gasteiger partial charge >= 0.3 is 0 Å². The lowest BCUT2D eigenvalue weighted by Crippen LogP contribution is -2.43. The van der Waals surface area contributed by atoms with Gasteiger partial charge in [-0.05, 0) is 60.9 Å². The number of anilines is 1. The fraction of sp³-hybridized carbons (Fsp3) is 0.114. The number of hydrogen-bond acceptors (Lipinski definition) is 5. The molecule has 0 aromatic heterocycles. The maximum Gasteiger partial charge on any atom is 0.235 e. The number of fused-ring (bicyclic) bond motifs is 2. The van der Waals surface area contributed by atoms with Crippen LogP contribution in [-0.2, 0) is 9.53 Å². The van der Waals surface area contributed by atoms with Gasteiger partial charge in [-0.25, -0.2) is 0 Å². The van der Waals surface area contributed by atoms with Gasteiger partial charge in [0.25, 0.3) is 0 Å². The van der Waals surface area contributed by atoms with Gasteiger partial charge in [0.05, 0.1) is 11.6 Å². The number of benzene rings is 4. The Morgan fingerprint density at radius 2 is 1.38 bits per heavy atom. The van der Waals surface area contributed by atoms with Crippen molar-refractivity contribution in [2.24, 2.45) is 0 Å². The number of carbonyl (C=O) groups excluding carboxylic acids is 3. The van der Waals surface area contributed by atoms with Gasteiger partial charge < -0.3 is 10.1 Å². The molecule has 2 aliphatic rings. The van der Waals surface area contributed by atoms with Crippen LogP contribution >= 0.6 is 0 Å². The molecule has 0 saturated carbocycles. The summed E-state index contributed by atoms with van der Waals surface area (Å²) in [4.78, 5) is 38.8. The second-order valence-corrected chi connectivity index (χ2v) is 10.5. The van der Waals surface area contributed by atoms with Gasteiger partial charge in [0.2, 0.25) is 11.6 Å². The number of hydrogen-bond donors (Lipinski definition) is 1. The highest BCUT2D eigenvalue weighted by atomic mass is 16.5. The summed E-state index contributed by atoms with van der Waals surface area (Å²) >= 11 is 0. The summed E-state index contributed by atoms with van der Waals surface area (Å²) in [6.07, 6.45) is 3.37. The summed E-state index contributed by atoms with van der Waals surface area (Å²) in [6, 6.07) is 31.8. The molecule has 1 aliphatic carbocycles. The molecule has 0 saturated heterocycles. The number of carbonyl (C=O) groups is 3. The van der Waals surface area contributed by atoms with Crippen molar-refractivity contribution in [2.45, 2.75) is 25.5 Å². The number of Topliss-reactive ketones (excluding diaryl/α,β-unsaturated/α-hetero) is 2. The van der Waals surface area contributed by atoms with E-state index in [1.807, 2.05) is 62.4 Å². The Hall–Kier alpha value is -5.03. The van der Waals surface area contributed by atoms with E-state index in [9.17, 15) is 14.4 Å². The monoisotopic (exact) mass is 525 g/mol. The Morgan fingerprint density at radius 1 is 0.750 bits per heavy atom. The first-order valence-electron chi connectivity index (χ1n) is 13.2. The lowest BCUT2D eigenvalue weighted by atomic mass is 9.83. The van der Waals surface area contributed by atoms with E-state index < -0.39 is 23.2 Å². The lowest BCUT2D eigenvalue weighted by molar-refractivity contribution is -0.112. The molecular formula is C35H27NO4. The molecule has 196 valence electrons. The van der Waals surface area contributed by atoms with Crippen LogP contribution in [0.1, 0.15) is 45.7 Å². The molecule has 5 nitrogen and oxygen atoms in total. The van der Waals surface area contributed by atoms with Crippen LogP contribution in [0, 0.1) is 0 Å². The zero-order chi connectivity index (χ0) is 27.9. The van der Waals surface area contributed by atoms with Gasteiger partial charge in [-0.2, -0.15) is 0 Å². The zero-order valence-electron chi connectivity index (χ0n) is 22.2. The molecule has 4 aromatic rings. The van der Waals surface area contributed by atoms with Gasteiger partial charge in [0.1, 0.15) is 11.4 Å². The number of rotatable bonds is 6. The highest BCUT2D eigenvalue weighted by molar-refractivity contribution is 6.52. The average Bonchev–Trinajstić information content (AvgIpc) is 3.25. The van der Waals surface area contributed by atoms with Crippen molar-refractivity contribution in [1.82, 2.24) is 0 Å². The van der Waals surface area contributed by atoms with Gasteiger partial charge in [-0.15, -0.1) is 0 Å². The normalized spacial score (nSPS) is 17.4. The maximum absolute atomic E-state index is 13.1. The van der Waals surface area contributed by atoms with Crippen LogP contribution in [-0.4, -0.2) is 29.0 Å². The fourth-order valence-corrected chi connectivity index (χ4v) is 5.24. The van der Waals surface area contributed by atoms with E-state index in [1.165, 1.54) is 0 Å². The first kappa shape index (κ1) is 25.3. The van der Waals surface area contributed by atoms with Crippen molar-refractivity contribution in [1.29, 1.82) is 0 Å². The third kappa shape index (κ3) is 4.56. The van der Waals surface area contributed by atoms with E-state index in [2.05, 4.69) is 17.4 Å². The highest BCUT2D eigenvalue weighted by Gasteiger charge is 2.50. The molecule has 0 spiro atoms. The Balaban J connectivity index is 1.17. The molecule has 0 amide bonds. The Kier molecular flexibility index (Phi) is 6.27. The minimum Gasteiger partial charge on any atom is -0.484 e. The van der Waals surface area contributed by atoms with Gasteiger partial charge in [-0.3, -0.25) is 14.4 Å². The van der Waals surface area contributed by atoms with Crippen molar-refractivity contribution in [3.63, 3.8) is 0 Å². The quantitative estimate of drug-likeness (QED) is 0.166. The summed E-state index contributed by atoms with van der Waals surface area (Å²) in [7, 11) is 0. The second kappa shape index (κ2) is 9.93. The molecule has 1 aliphatic heterocycles. The Bertz CT molecular complexity index is 1690. The highest BCUT2D eigenvalue weighted by Crippen LogP contribution is 2.44. The number of ketones is 3.